The van der Waals surface area contributed by atoms with Crippen LogP contribution in [0.15, 0.2) is 32.2 Å². The second-order valence-corrected chi connectivity index (χ2v) is 5.60. The highest BCUT2D eigenvalue weighted by atomic mass is 79.9. The largest absolute Gasteiger partial charge is 0.487 e. The van der Waals surface area contributed by atoms with Crippen LogP contribution in [0.1, 0.15) is 12.5 Å². The predicted molar refractivity (Wildman–Crippen MR) is 79.7 cm³/mol. The number of nitrogens with two attached hydrogens (primary N) is 1. The summed E-state index contributed by atoms with van der Waals surface area (Å²) in [5.41, 5.74) is 9.19. The molecule has 1 rings (SSSR count). The van der Waals surface area contributed by atoms with Gasteiger partial charge in [-0.15, -0.1) is 0 Å². The van der Waals surface area contributed by atoms with Crippen molar-refractivity contribution in [1.82, 2.24) is 0 Å². The molecular weight excluding hydrogens is 369 g/mol. The highest BCUT2D eigenvalue weighted by molar-refractivity contribution is 9.11. The second kappa shape index (κ2) is 7.41. The van der Waals surface area contributed by atoms with E-state index in [1.54, 1.807) is 0 Å². The molecule has 0 aliphatic carbocycles. The lowest BCUT2D eigenvalue weighted by Gasteiger charge is -2.12. The van der Waals surface area contributed by atoms with Crippen LogP contribution in [-0.2, 0) is 6.42 Å². The molecule has 0 amide bonds. The second-order valence-electron chi connectivity index (χ2n) is 3.67. The van der Waals surface area contributed by atoms with Gasteiger partial charge in [0.2, 0.25) is 0 Å². The summed E-state index contributed by atoms with van der Waals surface area (Å²) in [6, 6.07) is 4.04. The third-order valence-corrected chi connectivity index (χ3v) is 3.67. The molecule has 94 valence electrons. The average Bonchev–Trinajstić information content (AvgIpc) is 2.28. The van der Waals surface area contributed by atoms with Crippen molar-refractivity contribution in [2.75, 3.05) is 13.2 Å². The monoisotopic (exact) mass is 381 g/mol. The Labute approximate surface area is 123 Å². The van der Waals surface area contributed by atoms with E-state index in [4.69, 9.17) is 22.1 Å². The molecule has 0 radical (unpaired) electrons. The number of hydrogen-bond acceptors (Lipinski definition) is 2. The third kappa shape index (κ3) is 4.62. The molecule has 2 nitrogen and oxygen atoms in total. The van der Waals surface area contributed by atoms with Crippen molar-refractivity contribution in [3.05, 3.63) is 37.7 Å². The molecular formula is C12H14Br2ClNO. The molecule has 0 heterocycles. The molecule has 0 fully saturated rings. The first-order valence-electron chi connectivity index (χ1n) is 5.15. The molecule has 0 aliphatic rings. The maximum absolute atomic E-state index is 5.68. The summed E-state index contributed by atoms with van der Waals surface area (Å²) in [6.07, 6.45) is 0.845. The molecule has 0 atom stereocenters. The van der Waals surface area contributed by atoms with Crippen molar-refractivity contribution in [3.8, 4) is 5.75 Å². The van der Waals surface area contributed by atoms with Crippen molar-refractivity contribution in [3.63, 3.8) is 0 Å². The lowest BCUT2D eigenvalue weighted by molar-refractivity contribution is 0.348. The molecule has 0 aliphatic heterocycles. The number of rotatable bonds is 5. The fraction of sp³-hybridized carbons (Fsp3) is 0.333. The van der Waals surface area contributed by atoms with E-state index in [0.717, 1.165) is 26.7 Å². The fourth-order valence-electron chi connectivity index (χ4n) is 1.28. The van der Waals surface area contributed by atoms with Crippen molar-refractivity contribution >= 4 is 43.5 Å². The normalized spacial score (nSPS) is 11.7. The van der Waals surface area contributed by atoms with E-state index in [0.29, 0.717) is 13.2 Å². The van der Waals surface area contributed by atoms with Gasteiger partial charge in [0.15, 0.2) is 0 Å². The molecule has 0 unspecified atom stereocenters. The smallest absolute Gasteiger partial charge is 0.148 e. The zero-order valence-corrected chi connectivity index (χ0v) is 13.4. The molecule has 0 spiro atoms. The van der Waals surface area contributed by atoms with Crippen LogP contribution in [0.25, 0.3) is 0 Å². The van der Waals surface area contributed by atoms with Crippen LogP contribution in [-0.4, -0.2) is 13.2 Å². The first-order valence-corrected chi connectivity index (χ1v) is 7.17. The SMILES string of the molecule is CC(=CCl)COc1c(Br)cc(CCN)cc1Br. The lowest BCUT2D eigenvalue weighted by Crippen LogP contribution is -2.04. The molecule has 1 aromatic rings. The molecule has 0 bridgehead atoms. The molecule has 0 saturated carbocycles. The zero-order valence-electron chi connectivity index (χ0n) is 9.47. The average molecular weight is 384 g/mol. The van der Waals surface area contributed by atoms with Crippen LogP contribution in [0, 0.1) is 0 Å². The zero-order chi connectivity index (χ0) is 12.8. The predicted octanol–water partition coefficient (Wildman–Crippen LogP) is 4.23. The maximum atomic E-state index is 5.68. The van der Waals surface area contributed by atoms with Crippen molar-refractivity contribution < 1.29 is 4.74 Å². The Hall–Kier alpha value is -0.0300. The summed E-state index contributed by atoms with van der Waals surface area (Å²) in [6.45, 7) is 3.02. The van der Waals surface area contributed by atoms with Gasteiger partial charge in [-0.2, -0.15) is 0 Å². The minimum atomic E-state index is 0.469. The molecule has 5 heteroatoms. The number of ether oxygens (including phenoxy) is 1. The van der Waals surface area contributed by atoms with Gasteiger partial charge in [0, 0.05) is 5.54 Å². The van der Waals surface area contributed by atoms with Gasteiger partial charge in [0.25, 0.3) is 0 Å². The summed E-state index contributed by atoms with van der Waals surface area (Å²) in [4.78, 5) is 0. The van der Waals surface area contributed by atoms with Crippen LogP contribution < -0.4 is 10.5 Å². The molecule has 2 N–H and O–H groups in total. The minimum Gasteiger partial charge on any atom is -0.487 e. The summed E-state index contributed by atoms with van der Waals surface area (Å²) < 4.78 is 7.50. The summed E-state index contributed by atoms with van der Waals surface area (Å²) in [5.74, 6) is 0.781. The lowest BCUT2D eigenvalue weighted by atomic mass is 10.1. The molecule has 0 saturated heterocycles. The van der Waals surface area contributed by atoms with E-state index in [-0.39, 0.29) is 0 Å². The van der Waals surface area contributed by atoms with Gasteiger partial charge in [-0.05, 0) is 75.0 Å². The first kappa shape index (κ1) is 15.0. The van der Waals surface area contributed by atoms with Crippen LogP contribution in [0.3, 0.4) is 0 Å². The Balaban J connectivity index is 2.86. The van der Waals surface area contributed by atoms with Crippen molar-refractivity contribution in [1.29, 1.82) is 0 Å². The van der Waals surface area contributed by atoms with Crippen LogP contribution >= 0.6 is 43.5 Å². The minimum absolute atomic E-state index is 0.469. The molecule has 0 aromatic heterocycles. The Bertz CT molecular complexity index is 398. The van der Waals surface area contributed by atoms with E-state index in [9.17, 15) is 0 Å². The fourth-order valence-corrected chi connectivity index (χ4v) is 2.85. The van der Waals surface area contributed by atoms with E-state index < -0.39 is 0 Å². The highest BCUT2D eigenvalue weighted by Gasteiger charge is 2.09. The summed E-state index contributed by atoms with van der Waals surface area (Å²) in [7, 11) is 0. The highest BCUT2D eigenvalue weighted by Crippen LogP contribution is 2.35. The van der Waals surface area contributed by atoms with Gasteiger partial charge in [0.1, 0.15) is 12.4 Å². The van der Waals surface area contributed by atoms with Gasteiger partial charge in [-0.1, -0.05) is 11.6 Å². The summed E-state index contributed by atoms with van der Waals surface area (Å²) in [5, 5.41) is 0. The van der Waals surface area contributed by atoms with Gasteiger partial charge in [-0.3, -0.25) is 0 Å². The van der Waals surface area contributed by atoms with Crippen molar-refractivity contribution in [2.24, 2.45) is 5.73 Å². The van der Waals surface area contributed by atoms with E-state index >= 15 is 0 Å². The standard InChI is InChI=1S/C12H14Br2ClNO/c1-8(6-15)7-17-12-10(13)4-9(2-3-16)5-11(12)14/h4-6H,2-3,7,16H2,1H3. The maximum Gasteiger partial charge on any atom is 0.148 e. The number of hydrogen-bond donors (Lipinski definition) is 1. The van der Waals surface area contributed by atoms with E-state index in [1.807, 2.05) is 19.1 Å². The van der Waals surface area contributed by atoms with E-state index in [2.05, 4.69) is 31.9 Å². The van der Waals surface area contributed by atoms with Crippen LogP contribution in [0.4, 0.5) is 0 Å². The quantitative estimate of drug-likeness (QED) is 0.826. The Morgan fingerprint density at radius 3 is 2.47 bits per heavy atom. The van der Waals surface area contributed by atoms with Crippen LogP contribution in [0.5, 0.6) is 5.75 Å². The number of benzene rings is 1. The molecule has 17 heavy (non-hydrogen) atoms. The Morgan fingerprint density at radius 1 is 1.41 bits per heavy atom. The Kier molecular flexibility index (Phi) is 6.55. The van der Waals surface area contributed by atoms with Gasteiger partial charge >= 0.3 is 0 Å². The Morgan fingerprint density at radius 2 is 2.00 bits per heavy atom. The topological polar surface area (TPSA) is 35.2 Å². The summed E-state index contributed by atoms with van der Waals surface area (Å²) >= 11 is 12.6. The van der Waals surface area contributed by atoms with Crippen molar-refractivity contribution in [2.45, 2.75) is 13.3 Å². The number of halogens is 3. The van der Waals surface area contributed by atoms with Gasteiger partial charge < -0.3 is 10.5 Å². The first-order chi connectivity index (χ1) is 8.08. The van der Waals surface area contributed by atoms with Gasteiger partial charge in [0.05, 0.1) is 8.95 Å². The van der Waals surface area contributed by atoms with Gasteiger partial charge in [-0.25, -0.2) is 0 Å². The van der Waals surface area contributed by atoms with E-state index in [1.165, 1.54) is 11.1 Å². The molecule has 1 aromatic carbocycles. The third-order valence-electron chi connectivity index (χ3n) is 2.12. The van der Waals surface area contributed by atoms with Crippen LogP contribution in [0.2, 0.25) is 0 Å².